The van der Waals surface area contributed by atoms with E-state index in [1.807, 2.05) is 34.6 Å². The second-order valence-corrected chi connectivity index (χ2v) is 27.8. The van der Waals surface area contributed by atoms with Crippen molar-refractivity contribution in [2.24, 2.45) is 73.9 Å². The predicted molar refractivity (Wildman–Crippen MR) is 241 cm³/mol. The van der Waals surface area contributed by atoms with Crippen LogP contribution in [-0.2, 0) is 28.9 Å². The van der Waals surface area contributed by atoms with Gasteiger partial charge in [-0.2, -0.15) is 0 Å². The molecule has 8 fully saturated rings. The van der Waals surface area contributed by atoms with Crippen LogP contribution in [0, 0.1) is 73.9 Å². The van der Waals surface area contributed by atoms with Crippen molar-refractivity contribution in [1.82, 2.24) is 15.5 Å². The molecule has 1 saturated heterocycles. The number of carbonyl (C=O) groups is 3. The van der Waals surface area contributed by atoms with Crippen LogP contribution in [0.5, 0.6) is 0 Å². The van der Waals surface area contributed by atoms with Gasteiger partial charge in [-0.1, -0.05) is 55.4 Å². The average Bonchev–Trinajstić information content (AvgIpc) is 3.78. The van der Waals surface area contributed by atoms with E-state index in [0.29, 0.717) is 67.6 Å². The van der Waals surface area contributed by atoms with E-state index in [1.165, 1.54) is 51.4 Å². The fourth-order valence-electron chi connectivity index (χ4n) is 16.7. The molecule has 8 rings (SSSR count). The average molecular weight is 886 g/mol. The number of aliphatic carboxylic acids is 1. The number of nitrogens with one attached hydrogen (secondary N) is 2. The summed E-state index contributed by atoms with van der Waals surface area (Å²) in [6, 6.07) is -0.0416. The maximum Gasteiger partial charge on any atom is 0.407 e. The zero-order valence-corrected chi connectivity index (χ0v) is 41.1. The molecule has 0 bridgehead atoms. The summed E-state index contributed by atoms with van der Waals surface area (Å²) in [6.07, 6.45) is 13.9. The second kappa shape index (κ2) is 15.3. The lowest BCUT2D eigenvalue weighted by atomic mass is 9.32. The van der Waals surface area contributed by atoms with Crippen LogP contribution in [0.1, 0.15) is 160 Å². The fraction of sp³-hybridized carbons (Fsp3) is 0.940. The van der Waals surface area contributed by atoms with Crippen LogP contribution in [0.4, 0.5) is 4.79 Å². The number of hydrogen-bond acceptors (Lipinski definition) is 9. The molecule has 3 N–H and O–H groups in total. The smallest absolute Gasteiger partial charge is 0.407 e. The number of rotatable bonds is 10. The van der Waals surface area contributed by atoms with Crippen molar-refractivity contribution in [2.45, 2.75) is 183 Å². The van der Waals surface area contributed by atoms with Crippen molar-refractivity contribution in [3.63, 3.8) is 0 Å². The normalized spacial score (nSPS) is 44.2. The number of carboxylic acid groups (broad SMARTS) is 1. The van der Waals surface area contributed by atoms with Gasteiger partial charge < -0.3 is 25.2 Å². The van der Waals surface area contributed by atoms with E-state index in [0.717, 1.165) is 25.7 Å². The molecule has 0 aromatic rings. The van der Waals surface area contributed by atoms with Crippen molar-refractivity contribution in [1.29, 1.82) is 0 Å². The molecule has 1 aliphatic heterocycles. The SMILES string of the molecule is CC(C)(C)OC(=O)NCC(CN[C@]12CC[C@@H](C3(C)CC3)[C@@H]1[C@H]1CC[C@@H]3[C@@]4(C)CC[C@H](OC(=O)[C@H]5C[C@@H](C(=O)O)C5(C)C)C(C)(C)[C@@H]4CC[C@@]3(C)[C@]1(C)CC2)N1CCS(=O)(=O)CC1. The van der Waals surface area contributed by atoms with Gasteiger partial charge >= 0.3 is 18.0 Å². The lowest BCUT2D eigenvalue weighted by Gasteiger charge is -2.73. The number of esters is 1. The summed E-state index contributed by atoms with van der Waals surface area (Å²) in [6.45, 7) is 26.8. The van der Waals surface area contributed by atoms with Crippen molar-refractivity contribution in [3.8, 4) is 0 Å². The summed E-state index contributed by atoms with van der Waals surface area (Å²) >= 11 is 0. The highest BCUT2D eigenvalue weighted by atomic mass is 32.2. The Morgan fingerprint density at radius 1 is 0.742 bits per heavy atom. The fourth-order valence-corrected chi connectivity index (χ4v) is 17.9. The van der Waals surface area contributed by atoms with Crippen LogP contribution in [0.3, 0.4) is 0 Å². The predicted octanol–water partition coefficient (Wildman–Crippen LogP) is 8.49. The van der Waals surface area contributed by atoms with Gasteiger partial charge in [0.2, 0.25) is 0 Å². The topological polar surface area (TPSA) is 151 Å². The van der Waals surface area contributed by atoms with Gasteiger partial charge in [0.25, 0.3) is 0 Å². The highest BCUT2D eigenvalue weighted by molar-refractivity contribution is 7.91. The summed E-state index contributed by atoms with van der Waals surface area (Å²) in [5.41, 5.74) is -0.456. The molecule has 7 aliphatic carbocycles. The summed E-state index contributed by atoms with van der Waals surface area (Å²) in [5.74, 6) is 1.30. The van der Waals surface area contributed by atoms with Crippen LogP contribution in [0.15, 0.2) is 0 Å². The summed E-state index contributed by atoms with van der Waals surface area (Å²) in [5, 5.41) is 17.1. The molecule has 11 nitrogen and oxygen atoms in total. The maximum absolute atomic E-state index is 13.7. The van der Waals surface area contributed by atoms with Gasteiger partial charge in [0.05, 0.1) is 23.3 Å². The van der Waals surface area contributed by atoms with Gasteiger partial charge in [0.15, 0.2) is 9.84 Å². The van der Waals surface area contributed by atoms with Crippen LogP contribution < -0.4 is 10.6 Å². The summed E-state index contributed by atoms with van der Waals surface area (Å²) < 4.78 is 37.2. The quantitative estimate of drug-likeness (QED) is 0.182. The monoisotopic (exact) mass is 886 g/mol. The highest BCUT2D eigenvalue weighted by Crippen LogP contribution is 2.78. The minimum atomic E-state index is -3.05. The van der Waals surface area contributed by atoms with Crippen molar-refractivity contribution in [3.05, 3.63) is 0 Å². The van der Waals surface area contributed by atoms with Gasteiger partial charge in [0, 0.05) is 43.2 Å². The Hall–Kier alpha value is -1.92. The van der Waals surface area contributed by atoms with Crippen LogP contribution in [0.25, 0.3) is 0 Å². The van der Waals surface area contributed by atoms with Crippen molar-refractivity contribution in [2.75, 3.05) is 37.7 Å². The Labute approximate surface area is 374 Å². The number of amides is 1. The largest absolute Gasteiger partial charge is 0.481 e. The minimum absolute atomic E-state index is 0.0141. The molecule has 1 heterocycles. The number of nitrogens with zero attached hydrogens (tertiary/aromatic N) is 1. The van der Waals surface area contributed by atoms with Gasteiger partial charge in [-0.05, 0) is 161 Å². The molecule has 8 aliphatic rings. The van der Waals surface area contributed by atoms with Gasteiger partial charge in [-0.3, -0.25) is 14.5 Å². The zero-order chi connectivity index (χ0) is 45.3. The summed E-state index contributed by atoms with van der Waals surface area (Å²) in [7, 11) is -3.05. The van der Waals surface area contributed by atoms with Crippen molar-refractivity contribution >= 4 is 27.9 Å². The lowest BCUT2D eigenvalue weighted by Crippen LogP contribution is -2.69. The Bertz CT molecular complexity index is 1880. The van der Waals surface area contributed by atoms with Gasteiger partial charge in [0.1, 0.15) is 11.7 Å². The van der Waals surface area contributed by atoms with E-state index in [1.54, 1.807) is 0 Å². The third kappa shape index (κ3) is 7.57. The Morgan fingerprint density at radius 3 is 2.03 bits per heavy atom. The molecule has 1 unspecified atom stereocenters. The second-order valence-electron chi connectivity index (χ2n) is 25.5. The first-order valence-corrected chi connectivity index (χ1v) is 26.5. The van der Waals surface area contributed by atoms with E-state index >= 15 is 0 Å². The highest BCUT2D eigenvalue weighted by Gasteiger charge is 2.72. The molecule has 1 amide bonds. The number of fused-ring (bicyclic) bond motifs is 7. The third-order valence-corrected chi connectivity index (χ3v) is 22.5. The Kier molecular flexibility index (Phi) is 11.5. The van der Waals surface area contributed by atoms with E-state index in [9.17, 15) is 27.9 Å². The standard InChI is InChI=1S/C50H83N3O8S/c1-43(2,3)61-42(57)51-29-31(53-24-26-62(58,59)27-25-53)30-52-50-19-14-32(46(8)20-21-46)39(50)33-12-13-37-47(9)17-16-38(60-41(56)35-28-34(40(54)55)44(35,4)5)45(6,7)36(47)15-18-49(37,11)48(33,10)22-23-50/h31-39,52H,12-30H2,1-11H3,(H,51,57)(H,54,55)/t31?,32-,33-,34+,35-,36+,37-,38+,39-,47+,48-,49-,50+/m1/s1. The maximum atomic E-state index is 13.7. The van der Waals surface area contributed by atoms with Gasteiger partial charge in [-0.25, -0.2) is 13.2 Å². The van der Waals surface area contributed by atoms with Crippen molar-refractivity contribution < 1.29 is 37.4 Å². The molecule has 62 heavy (non-hydrogen) atoms. The number of alkyl carbamates (subject to hydrolysis) is 1. The van der Waals surface area contributed by atoms with Crippen LogP contribution in [0.2, 0.25) is 0 Å². The Balaban J connectivity index is 1.01. The molecular weight excluding hydrogens is 803 g/mol. The third-order valence-electron chi connectivity index (χ3n) is 20.9. The minimum Gasteiger partial charge on any atom is -0.481 e. The molecule has 0 aromatic heterocycles. The number of carbonyl (C=O) groups excluding carboxylic acids is 2. The van der Waals surface area contributed by atoms with E-state index < -0.39 is 38.8 Å². The number of hydrogen-bond donors (Lipinski definition) is 3. The first-order valence-electron chi connectivity index (χ1n) is 24.7. The van der Waals surface area contributed by atoms with Crippen LogP contribution in [-0.4, -0.2) is 97.4 Å². The van der Waals surface area contributed by atoms with Crippen LogP contribution >= 0.6 is 0 Å². The molecule has 12 heteroatoms. The van der Waals surface area contributed by atoms with E-state index in [-0.39, 0.29) is 62.7 Å². The van der Waals surface area contributed by atoms with Gasteiger partial charge in [-0.15, -0.1) is 0 Å². The Morgan fingerprint density at radius 2 is 1.42 bits per heavy atom. The summed E-state index contributed by atoms with van der Waals surface area (Å²) in [4.78, 5) is 40.8. The zero-order valence-electron chi connectivity index (χ0n) is 40.3. The molecule has 13 atom stereocenters. The molecular formula is C50H83N3O8S. The first kappa shape index (κ1) is 46.6. The number of sulfone groups is 1. The number of ether oxygens (including phenoxy) is 2. The van der Waals surface area contributed by atoms with E-state index in [4.69, 9.17) is 9.47 Å². The first-order chi connectivity index (χ1) is 28.6. The molecule has 0 aromatic carbocycles. The lowest BCUT2D eigenvalue weighted by molar-refractivity contribution is -0.249. The number of carboxylic acids is 1. The molecule has 7 saturated carbocycles. The van der Waals surface area contributed by atoms with E-state index in [2.05, 4.69) is 57.1 Å². The molecule has 0 spiro atoms. The molecule has 352 valence electrons. The molecule has 0 radical (unpaired) electrons.